The van der Waals surface area contributed by atoms with E-state index >= 15 is 0 Å². The molecule has 0 radical (unpaired) electrons. The number of hydrogen-bond donors (Lipinski definition) is 1. The van der Waals surface area contributed by atoms with Crippen LogP contribution in [0.3, 0.4) is 0 Å². The molecule has 0 aliphatic heterocycles. The zero-order chi connectivity index (χ0) is 14.9. The fraction of sp³-hybridized carbons (Fsp3) is 0.143. The number of benzene rings is 2. The van der Waals surface area contributed by atoms with Crippen LogP contribution < -0.4 is 10.0 Å². The van der Waals surface area contributed by atoms with E-state index in [0.29, 0.717) is 5.69 Å². The Labute approximate surface area is 117 Å². The molecule has 0 saturated heterocycles. The maximum atomic E-state index is 13.3. The zero-order valence-corrected chi connectivity index (χ0v) is 12.0. The molecule has 0 amide bonds. The Morgan fingerprint density at radius 1 is 1.15 bits per heavy atom. The van der Waals surface area contributed by atoms with Crippen LogP contribution in [0.4, 0.5) is 15.8 Å². The summed E-state index contributed by atoms with van der Waals surface area (Å²) >= 11 is 0. The second kappa shape index (κ2) is 5.13. The molecule has 0 saturated carbocycles. The molecule has 0 aromatic heterocycles. The normalized spacial score (nSPS) is 11.3. The number of aryl methyl sites for hydroxylation is 1. The van der Waals surface area contributed by atoms with Gasteiger partial charge in [-0.05, 0) is 42.8 Å². The lowest BCUT2D eigenvalue weighted by atomic mass is 10.2. The van der Waals surface area contributed by atoms with E-state index in [4.69, 9.17) is 5.73 Å². The van der Waals surface area contributed by atoms with E-state index in [2.05, 4.69) is 0 Å². The van der Waals surface area contributed by atoms with Gasteiger partial charge in [-0.2, -0.15) is 0 Å². The number of sulfonamides is 1. The fourth-order valence-electron chi connectivity index (χ4n) is 1.84. The van der Waals surface area contributed by atoms with Crippen LogP contribution in [0.2, 0.25) is 0 Å². The van der Waals surface area contributed by atoms with Crippen molar-refractivity contribution >= 4 is 21.4 Å². The van der Waals surface area contributed by atoms with E-state index < -0.39 is 15.8 Å². The average Bonchev–Trinajstić information content (AvgIpc) is 2.40. The fourth-order valence-corrected chi connectivity index (χ4v) is 3.16. The average molecular weight is 294 g/mol. The Balaban J connectivity index is 2.52. The lowest BCUT2D eigenvalue weighted by molar-refractivity contribution is 0.590. The van der Waals surface area contributed by atoms with Gasteiger partial charge in [0.25, 0.3) is 10.0 Å². The summed E-state index contributed by atoms with van der Waals surface area (Å²) in [7, 11) is -2.48. The molecule has 2 N–H and O–H groups in total. The molecule has 20 heavy (non-hydrogen) atoms. The number of rotatable bonds is 3. The van der Waals surface area contributed by atoms with Crippen LogP contribution in [0.5, 0.6) is 0 Å². The number of nitrogens with two attached hydrogens (primary N) is 1. The predicted octanol–water partition coefficient (Wildman–Crippen LogP) is 2.54. The molecule has 106 valence electrons. The molecule has 0 unspecified atom stereocenters. The number of hydrogen-bond acceptors (Lipinski definition) is 3. The van der Waals surface area contributed by atoms with Crippen molar-refractivity contribution in [2.45, 2.75) is 11.8 Å². The summed E-state index contributed by atoms with van der Waals surface area (Å²) in [4.78, 5) is -0.235. The molecular weight excluding hydrogens is 279 g/mol. The van der Waals surface area contributed by atoms with E-state index in [1.54, 1.807) is 18.2 Å². The second-order valence-electron chi connectivity index (χ2n) is 4.49. The van der Waals surface area contributed by atoms with Gasteiger partial charge in [0.2, 0.25) is 0 Å². The molecule has 2 aromatic rings. The van der Waals surface area contributed by atoms with Gasteiger partial charge in [-0.1, -0.05) is 12.1 Å². The molecular formula is C14H15FN2O2S. The Bertz CT molecular complexity index is 745. The highest BCUT2D eigenvalue weighted by atomic mass is 32.2. The van der Waals surface area contributed by atoms with Crippen molar-refractivity contribution in [2.75, 3.05) is 17.1 Å². The van der Waals surface area contributed by atoms with Gasteiger partial charge in [0.05, 0.1) is 11.4 Å². The molecule has 2 rings (SSSR count). The highest BCUT2D eigenvalue weighted by molar-refractivity contribution is 7.93. The number of anilines is 2. The molecule has 4 nitrogen and oxygen atoms in total. The Hall–Kier alpha value is -2.08. The molecule has 0 atom stereocenters. The molecule has 0 aliphatic rings. The first-order chi connectivity index (χ1) is 9.32. The summed E-state index contributed by atoms with van der Waals surface area (Å²) in [5, 5.41) is 0. The SMILES string of the molecule is Cc1cccc(N(C)S(=O)(=O)c2cc(F)ccc2N)c1. The maximum absolute atomic E-state index is 13.3. The van der Waals surface area contributed by atoms with Crippen LogP contribution >= 0.6 is 0 Å². The predicted molar refractivity (Wildman–Crippen MR) is 77.6 cm³/mol. The summed E-state index contributed by atoms with van der Waals surface area (Å²) in [6.45, 7) is 1.86. The molecule has 2 aromatic carbocycles. The second-order valence-corrected chi connectivity index (χ2v) is 6.43. The van der Waals surface area contributed by atoms with Crippen molar-refractivity contribution in [3.63, 3.8) is 0 Å². The topological polar surface area (TPSA) is 63.4 Å². The van der Waals surface area contributed by atoms with Crippen LogP contribution in [0.1, 0.15) is 5.56 Å². The minimum Gasteiger partial charge on any atom is -0.398 e. The summed E-state index contributed by atoms with van der Waals surface area (Å²) in [5.74, 6) is -0.643. The van der Waals surface area contributed by atoms with Gasteiger partial charge >= 0.3 is 0 Å². The standard InChI is InChI=1S/C14H15FN2O2S/c1-10-4-3-5-12(8-10)17(2)20(18,19)14-9-11(15)6-7-13(14)16/h3-9H,16H2,1-2H3. The first-order valence-corrected chi connectivity index (χ1v) is 7.37. The zero-order valence-electron chi connectivity index (χ0n) is 11.2. The molecule has 0 aliphatic carbocycles. The van der Waals surface area contributed by atoms with Gasteiger partial charge in [-0.15, -0.1) is 0 Å². The summed E-state index contributed by atoms with van der Waals surface area (Å²) in [6, 6.07) is 10.3. The minimum atomic E-state index is -3.89. The van der Waals surface area contributed by atoms with Crippen molar-refractivity contribution in [2.24, 2.45) is 0 Å². The smallest absolute Gasteiger partial charge is 0.266 e. The van der Waals surface area contributed by atoms with Gasteiger partial charge in [-0.3, -0.25) is 4.31 Å². The number of nitrogens with zero attached hydrogens (tertiary/aromatic N) is 1. The third-order valence-electron chi connectivity index (χ3n) is 2.98. The van der Waals surface area contributed by atoms with Crippen molar-refractivity contribution in [3.8, 4) is 0 Å². The van der Waals surface area contributed by atoms with Crippen molar-refractivity contribution in [3.05, 3.63) is 53.8 Å². The van der Waals surface area contributed by atoms with Crippen molar-refractivity contribution in [1.82, 2.24) is 0 Å². The summed E-state index contributed by atoms with van der Waals surface area (Å²) in [5.41, 5.74) is 7.09. The maximum Gasteiger partial charge on any atom is 0.266 e. The monoisotopic (exact) mass is 294 g/mol. The third-order valence-corrected chi connectivity index (χ3v) is 4.82. The summed E-state index contributed by atoms with van der Waals surface area (Å²) < 4.78 is 39.3. The Morgan fingerprint density at radius 3 is 2.50 bits per heavy atom. The van der Waals surface area contributed by atoms with Crippen LogP contribution in [0, 0.1) is 12.7 Å². The van der Waals surface area contributed by atoms with Crippen LogP contribution in [-0.2, 0) is 10.0 Å². The number of halogens is 1. The highest BCUT2D eigenvalue weighted by Gasteiger charge is 2.24. The largest absolute Gasteiger partial charge is 0.398 e. The van der Waals surface area contributed by atoms with Crippen LogP contribution in [0.15, 0.2) is 47.4 Å². The van der Waals surface area contributed by atoms with Crippen molar-refractivity contribution in [1.29, 1.82) is 0 Å². The third kappa shape index (κ3) is 2.60. The van der Waals surface area contributed by atoms with Gasteiger partial charge in [0, 0.05) is 7.05 Å². The van der Waals surface area contributed by atoms with E-state index in [1.165, 1.54) is 13.1 Å². The van der Waals surface area contributed by atoms with E-state index in [9.17, 15) is 12.8 Å². The minimum absolute atomic E-state index is 0.0194. The molecule has 6 heteroatoms. The Kier molecular flexibility index (Phi) is 3.67. The first kappa shape index (κ1) is 14.3. The molecule has 0 fully saturated rings. The number of nitrogen functional groups attached to an aromatic ring is 1. The van der Waals surface area contributed by atoms with Gasteiger partial charge in [-0.25, -0.2) is 12.8 Å². The van der Waals surface area contributed by atoms with Gasteiger partial charge < -0.3 is 5.73 Å². The molecule has 0 bridgehead atoms. The van der Waals surface area contributed by atoms with Gasteiger partial charge in [0.1, 0.15) is 10.7 Å². The van der Waals surface area contributed by atoms with Crippen molar-refractivity contribution < 1.29 is 12.8 Å². The lowest BCUT2D eigenvalue weighted by Crippen LogP contribution is -2.27. The highest BCUT2D eigenvalue weighted by Crippen LogP contribution is 2.26. The van der Waals surface area contributed by atoms with E-state index in [-0.39, 0.29) is 10.6 Å². The quantitative estimate of drug-likeness (QED) is 0.885. The Morgan fingerprint density at radius 2 is 1.85 bits per heavy atom. The lowest BCUT2D eigenvalue weighted by Gasteiger charge is -2.20. The van der Waals surface area contributed by atoms with E-state index in [1.807, 2.05) is 13.0 Å². The van der Waals surface area contributed by atoms with E-state index in [0.717, 1.165) is 22.0 Å². The molecule has 0 heterocycles. The molecule has 0 spiro atoms. The first-order valence-electron chi connectivity index (χ1n) is 5.93. The van der Waals surface area contributed by atoms with Crippen LogP contribution in [0.25, 0.3) is 0 Å². The van der Waals surface area contributed by atoms with Crippen LogP contribution in [-0.4, -0.2) is 15.5 Å². The summed E-state index contributed by atoms with van der Waals surface area (Å²) in [6.07, 6.45) is 0. The van der Waals surface area contributed by atoms with Gasteiger partial charge in [0.15, 0.2) is 0 Å².